The number of nitrogens with one attached hydrogen (secondary N) is 2. The maximum Gasteiger partial charge on any atom is 0.146 e. The summed E-state index contributed by atoms with van der Waals surface area (Å²) in [6.45, 7) is 0. The summed E-state index contributed by atoms with van der Waals surface area (Å²) in [4.78, 5) is 0. The Morgan fingerprint density at radius 1 is 0.514 bits per heavy atom. The zero-order chi connectivity index (χ0) is 26.7. The largest absolute Gasteiger partial charge is 0.324 e. The van der Waals surface area contributed by atoms with Crippen LogP contribution in [0, 0.1) is 74.7 Å². The highest BCUT2D eigenvalue weighted by Gasteiger charge is 2.11. The molecule has 0 saturated carbocycles. The van der Waals surface area contributed by atoms with Crippen LogP contribution in [-0.4, -0.2) is 0 Å². The van der Waals surface area contributed by atoms with Crippen molar-refractivity contribution in [2.75, 3.05) is 10.9 Å². The third kappa shape index (κ3) is 7.61. The molecular weight excluding hydrogens is 483 g/mol. The summed E-state index contributed by atoms with van der Waals surface area (Å²) in [5.74, 6) is 2.91. The monoisotopic (exact) mass is 495 g/mol. The third-order valence-corrected chi connectivity index (χ3v) is 3.76. The Labute approximate surface area is 193 Å². The molecule has 0 aliphatic heterocycles. The normalized spacial score (nSPS) is 9.20. The minimum atomic E-state index is -1.18. The van der Waals surface area contributed by atoms with Crippen molar-refractivity contribution in [2.45, 2.75) is 0 Å². The SMILES string of the molecule is N#Cc1c(F)cc(F)cc1F.N#Cc1c(F)cc(F)cc1NN.N#Cc1c(F)cc(NN)cc1F. The number of hydrogen-bond acceptors (Lipinski definition) is 7. The second-order valence-electron chi connectivity index (χ2n) is 5.99. The molecule has 0 radical (unpaired) electrons. The first kappa shape index (κ1) is 28.2. The van der Waals surface area contributed by atoms with Crippen molar-refractivity contribution in [3.05, 3.63) is 93.8 Å². The number of nitriles is 3. The topological polar surface area (TPSA) is 147 Å². The van der Waals surface area contributed by atoms with Crippen molar-refractivity contribution in [3.8, 4) is 18.2 Å². The van der Waals surface area contributed by atoms with E-state index in [1.807, 2.05) is 5.43 Å². The van der Waals surface area contributed by atoms with Gasteiger partial charge in [0, 0.05) is 18.2 Å². The molecule has 0 aliphatic rings. The fourth-order valence-electron chi connectivity index (χ4n) is 2.21. The Morgan fingerprint density at radius 2 is 0.857 bits per heavy atom. The van der Waals surface area contributed by atoms with Gasteiger partial charge in [0.1, 0.15) is 75.6 Å². The number of halogens is 7. The average molecular weight is 495 g/mol. The Balaban J connectivity index is 0.000000263. The Morgan fingerprint density at radius 3 is 1.20 bits per heavy atom. The van der Waals surface area contributed by atoms with Gasteiger partial charge in [0.05, 0.1) is 11.4 Å². The fourth-order valence-corrected chi connectivity index (χ4v) is 2.21. The third-order valence-electron chi connectivity index (χ3n) is 3.76. The van der Waals surface area contributed by atoms with Crippen molar-refractivity contribution in [3.63, 3.8) is 0 Å². The molecule has 3 rings (SSSR count). The van der Waals surface area contributed by atoms with E-state index in [1.54, 1.807) is 6.07 Å². The van der Waals surface area contributed by atoms with E-state index in [0.29, 0.717) is 18.2 Å². The Hall–Kier alpha value is -4.84. The molecule has 35 heavy (non-hydrogen) atoms. The number of anilines is 2. The lowest BCUT2D eigenvalue weighted by atomic mass is 10.2. The van der Waals surface area contributed by atoms with E-state index in [4.69, 9.17) is 27.5 Å². The number of nitrogen functional groups attached to an aromatic ring is 2. The number of hydrogen-bond donors (Lipinski definition) is 4. The van der Waals surface area contributed by atoms with Crippen LogP contribution in [0.4, 0.5) is 42.1 Å². The van der Waals surface area contributed by atoms with Gasteiger partial charge >= 0.3 is 0 Å². The van der Waals surface area contributed by atoms with Gasteiger partial charge in [0.2, 0.25) is 0 Å². The zero-order valence-corrected chi connectivity index (χ0v) is 17.1. The molecule has 0 spiro atoms. The fraction of sp³-hybridized carbons (Fsp3) is 0. The molecule has 0 unspecified atom stereocenters. The molecule has 7 nitrogen and oxygen atoms in total. The van der Waals surface area contributed by atoms with Crippen LogP contribution in [-0.2, 0) is 0 Å². The maximum absolute atomic E-state index is 12.7. The zero-order valence-electron chi connectivity index (χ0n) is 17.1. The van der Waals surface area contributed by atoms with Crippen LogP contribution in [0.1, 0.15) is 16.7 Å². The van der Waals surface area contributed by atoms with Crippen LogP contribution >= 0.6 is 0 Å². The molecule has 0 saturated heterocycles. The highest BCUT2D eigenvalue weighted by atomic mass is 19.2. The van der Waals surface area contributed by atoms with E-state index in [1.165, 1.54) is 12.1 Å². The van der Waals surface area contributed by atoms with Crippen LogP contribution in [0.3, 0.4) is 0 Å². The maximum atomic E-state index is 12.7. The number of nitrogens with zero attached hydrogens (tertiary/aromatic N) is 3. The first-order valence-electron chi connectivity index (χ1n) is 8.79. The van der Waals surface area contributed by atoms with Crippen molar-refractivity contribution < 1.29 is 30.7 Å². The molecule has 6 N–H and O–H groups in total. The van der Waals surface area contributed by atoms with Gasteiger partial charge in [-0.25, -0.2) is 30.7 Å². The molecule has 0 aromatic heterocycles. The molecule has 0 fully saturated rings. The molecule has 0 aliphatic carbocycles. The second kappa shape index (κ2) is 13.0. The minimum absolute atomic E-state index is 0.0602. The van der Waals surface area contributed by atoms with E-state index in [-0.39, 0.29) is 16.9 Å². The van der Waals surface area contributed by atoms with Gasteiger partial charge < -0.3 is 10.9 Å². The standard InChI is InChI=1S/C7H2F3N.2C7H5F2N3/c8-4-1-6(9)5(3-11)7(10)2-4;8-6-1-4(12-11)2-7(9)5(6)3-10;8-4-1-6(9)5(3-10)7(2-4)12-11/h1-2H;2*1-2,12H,11H2. The molecular formula is C21H12F7N7. The van der Waals surface area contributed by atoms with Gasteiger partial charge in [0.15, 0.2) is 0 Å². The Bertz CT molecular complexity index is 1300. The summed E-state index contributed by atoms with van der Waals surface area (Å²) in [5, 5.41) is 24.8. The quantitative estimate of drug-likeness (QED) is 0.236. The van der Waals surface area contributed by atoms with Crippen LogP contribution in [0.2, 0.25) is 0 Å². The van der Waals surface area contributed by atoms with Crippen molar-refractivity contribution in [2.24, 2.45) is 11.7 Å². The predicted molar refractivity (Wildman–Crippen MR) is 109 cm³/mol. The van der Waals surface area contributed by atoms with E-state index in [9.17, 15) is 30.7 Å². The Kier molecular flexibility index (Phi) is 10.5. The lowest BCUT2D eigenvalue weighted by Crippen LogP contribution is -2.09. The highest BCUT2D eigenvalue weighted by Crippen LogP contribution is 2.19. The average Bonchev–Trinajstić information content (AvgIpc) is 2.78. The summed E-state index contributed by atoms with van der Waals surface area (Å²) in [7, 11) is 0. The summed E-state index contributed by atoms with van der Waals surface area (Å²) >= 11 is 0. The summed E-state index contributed by atoms with van der Waals surface area (Å²) in [6, 6.07) is 8.61. The van der Waals surface area contributed by atoms with Gasteiger partial charge in [-0.2, -0.15) is 15.8 Å². The molecule has 0 amide bonds. The van der Waals surface area contributed by atoms with Crippen LogP contribution in [0.15, 0.2) is 36.4 Å². The lowest BCUT2D eigenvalue weighted by molar-refractivity contribution is 0.539. The molecule has 3 aromatic rings. The van der Waals surface area contributed by atoms with Crippen molar-refractivity contribution in [1.29, 1.82) is 15.8 Å². The molecule has 14 heteroatoms. The van der Waals surface area contributed by atoms with Crippen molar-refractivity contribution >= 4 is 11.4 Å². The molecule has 0 atom stereocenters. The van der Waals surface area contributed by atoms with Crippen LogP contribution in [0.25, 0.3) is 0 Å². The first-order valence-corrected chi connectivity index (χ1v) is 8.79. The van der Waals surface area contributed by atoms with E-state index in [0.717, 1.165) is 18.2 Å². The van der Waals surface area contributed by atoms with E-state index < -0.39 is 51.8 Å². The van der Waals surface area contributed by atoms with Gasteiger partial charge in [-0.15, -0.1) is 0 Å². The molecule has 0 bridgehead atoms. The summed E-state index contributed by atoms with van der Waals surface area (Å²) in [5.41, 5.74) is 2.47. The highest BCUT2D eigenvalue weighted by molar-refractivity contribution is 5.57. The molecule has 0 heterocycles. The molecule has 180 valence electrons. The number of benzene rings is 3. The van der Waals surface area contributed by atoms with Gasteiger partial charge in [-0.1, -0.05) is 0 Å². The number of hydrazine groups is 2. The smallest absolute Gasteiger partial charge is 0.146 e. The minimum Gasteiger partial charge on any atom is -0.324 e. The summed E-state index contributed by atoms with van der Waals surface area (Å²) in [6.07, 6.45) is 0. The summed E-state index contributed by atoms with van der Waals surface area (Å²) < 4.78 is 87.7. The second-order valence-corrected chi connectivity index (χ2v) is 5.99. The van der Waals surface area contributed by atoms with Crippen LogP contribution in [0.5, 0.6) is 0 Å². The first-order chi connectivity index (χ1) is 16.5. The molecule has 3 aromatic carbocycles. The number of rotatable bonds is 2. The van der Waals surface area contributed by atoms with Gasteiger partial charge in [-0.05, 0) is 18.2 Å². The predicted octanol–water partition coefficient (Wildman–Crippen LogP) is 4.22. The van der Waals surface area contributed by atoms with Gasteiger partial charge in [0.25, 0.3) is 0 Å². The van der Waals surface area contributed by atoms with E-state index >= 15 is 0 Å². The lowest BCUT2D eigenvalue weighted by Gasteiger charge is -2.02. The van der Waals surface area contributed by atoms with Crippen molar-refractivity contribution in [1.82, 2.24) is 0 Å². The number of nitrogens with two attached hydrogens (primary N) is 2. The van der Waals surface area contributed by atoms with Gasteiger partial charge in [-0.3, -0.25) is 11.7 Å². The van der Waals surface area contributed by atoms with Crippen LogP contribution < -0.4 is 22.5 Å². The van der Waals surface area contributed by atoms with E-state index in [2.05, 4.69) is 5.43 Å².